The molecule has 12 heteroatoms. The topological polar surface area (TPSA) is 109 Å². The second-order valence-corrected chi connectivity index (χ2v) is 11.9. The molecule has 0 saturated heterocycles. The van der Waals surface area contributed by atoms with Crippen LogP contribution in [0.4, 0.5) is 4.39 Å². The Balaban J connectivity index is 1.15. The van der Waals surface area contributed by atoms with Gasteiger partial charge in [-0.3, -0.25) is 9.97 Å². The number of imidazole rings is 1. The highest BCUT2D eigenvalue weighted by Gasteiger charge is 2.41. The number of hydrogen-bond donors (Lipinski definition) is 1. The predicted molar refractivity (Wildman–Crippen MR) is 158 cm³/mol. The highest BCUT2D eigenvalue weighted by atomic mass is 35.5. The van der Waals surface area contributed by atoms with Crippen LogP contribution in [0.1, 0.15) is 45.7 Å². The maximum absolute atomic E-state index is 15.0. The van der Waals surface area contributed by atoms with Crippen LogP contribution in [-0.4, -0.2) is 43.3 Å². The number of carboxylic acids is 1. The van der Waals surface area contributed by atoms with Gasteiger partial charge >= 0.3 is 5.97 Å². The van der Waals surface area contributed by atoms with Gasteiger partial charge in [0.2, 0.25) is 0 Å². The van der Waals surface area contributed by atoms with Gasteiger partial charge in [0.05, 0.1) is 40.9 Å². The van der Waals surface area contributed by atoms with Crippen LogP contribution in [0.5, 0.6) is 11.5 Å². The summed E-state index contributed by atoms with van der Waals surface area (Å²) in [7, 11) is 0. The first-order valence-corrected chi connectivity index (χ1v) is 14.8. The lowest BCUT2D eigenvalue weighted by Crippen LogP contribution is -2.32. The number of rotatable bonds is 7. The third kappa shape index (κ3) is 5.13. The van der Waals surface area contributed by atoms with Crippen LogP contribution in [-0.2, 0) is 23.5 Å². The Kier molecular flexibility index (Phi) is 6.88. The molecule has 5 aromatic rings. The number of halogens is 2. The van der Waals surface area contributed by atoms with Gasteiger partial charge in [0.15, 0.2) is 17.3 Å². The number of para-hydroxylation sites is 1. The van der Waals surface area contributed by atoms with Gasteiger partial charge in [0.1, 0.15) is 17.0 Å². The molecule has 9 nitrogen and oxygen atoms in total. The standard InChI is InChI=1S/C31H24ClFN4O5S/c1-31(26-8-6-19(32)12-35-26)41-25-4-2-3-22(29(25)42-31)17-5-7-20(40-15-17)11-27-36-28-23(33)9-18(30(38)39)10-24(28)37(27)14-21-13-34-16-43-21/h2-6,8-10,12-13,16,20H,7,11,14-15H2,1H3,(H,38,39)/t20-,31+/m1/s1. The molecule has 218 valence electrons. The van der Waals surface area contributed by atoms with E-state index in [0.29, 0.717) is 59.5 Å². The lowest BCUT2D eigenvalue weighted by molar-refractivity contribution is -0.0719. The number of nitrogens with zero attached hydrogens (tertiary/aromatic N) is 4. The molecule has 2 aromatic carbocycles. The van der Waals surface area contributed by atoms with Crippen LogP contribution in [0.15, 0.2) is 66.4 Å². The fourth-order valence-corrected chi connectivity index (χ4v) is 6.13. The quantitative estimate of drug-likeness (QED) is 0.221. The van der Waals surface area contributed by atoms with Crippen LogP contribution in [0.3, 0.4) is 0 Å². The van der Waals surface area contributed by atoms with Crippen LogP contribution in [0.2, 0.25) is 5.02 Å². The molecule has 5 heterocycles. The number of pyridine rings is 1. The zero-order valence-electron chi connectivity index (χ0n) is 22.8. The molecule has 1 N–H and O–H groups in total. The first-order valence-electron chi connectivity index (χ1n) is 13.5. The molecule has 7 rings (SSSR count). The largest absolute Gasteiger partial charge is 0.478 e. The molecular formula is C31H24ClFN4O5S. The molecule has 43 heavy (non-hydrogen) atoms. The van der Waals surface area contributed by atoms with Crippen molar-refractivity contribution in [1.82, 2.24) is 19.5 Å². The number of carbonyl (C=O) groups is 1. The first-order chi connectivity index (χ1) is 20.8. The predicted octanol–water partition coefficient (Wildman–Crippen LogP) is 6.49. The molecule has 0 spiro atoms. The van der Waals surface area contributed by atoms with Crippen molar-refractivity contribution in [3.8, 4) is 11.5 Å². The Morgan fingerprint density at radius 2 is 2.12 bits per heavy atom. The van der Waals surface area contributed by atoms with E-state index in [9.17, 15) is 14.3 Å². The van der Waals surface area contributed by atoms with E-state index >= 15 is 0 Å². The second-order valence-electron chi connectivity index (χ2n) is 10.5. The van der Waals surface area contributed by atoms with E-state index in [1.807, 2.05) is 29.7 Å². The molecule has 2 aliphatic heterocycles. The van der Waals surface area contributed by atoms with Crippen LogP contribution in [0, 0.1) is 5.82 Å². The van der Waals surface area contributed by atoms with Crippen molar-refractivity contribution in [2.45, 2.75) is 38.2 Å². The SMILES string of the molecule is C[C@]1(c2ccc(Cl)cn2)Oc2cccc(C3=CC[C@H](Cc4nc5c(F)cc(C(=O)O)cc5n4Cc4cncs4)OC3)c2O1. The minimum Gasteiger partial charge on any atom is -0.478 e. The number of aromatic nitrogens is 4. The number of benzene rings is 2. The molecule has 0 amide bonds. The van der Waals surface area contributed by atoms with Crippen molar-refractivity contribution in [2.24, 2.45) is 0 Å². The molecule has 2 aliphatic rings. The smallest absolute Gasteiger partial charge is 0.335 e. The summed E-state index contributed by atoms with van der Waals surface area (Å²) in [5.74, 6) is -1.14. The Morgan fingerprint density at radius 3 is 2.84 bits per heavy atom. The van der Waals surface area contributed by atoms with E-state index in [0.717, 1.165) is 22.1 Å². The van der Waals surface area contributed by atoms with Gasteiger partial charge in [-0.25, -0.2) is 14.2 Å². The molecule has 2 atom stereocenters. The van der Waals surface area contributed by atoms with Crippen molar-refractivity contribution in [2.75, 3.05) is 6.61 Å². The lowest BCUT2D eigenvalue weighted by Gasteiger charge is -2.24. The average Bonchev–Trinajstić information content (AvgIpc) is 3.72. The Morgan fingerprint density at radius 1 is 1.23 bits per heavy atom. The summed E-state index contributed by atoms with van der Waals surface area (Å²) in [6.07, 6.45) is 6.18. The fraction of sp³-hybridized carbons (Fsp3) is 0.226. The molecule has 0 bridgehead atoms. The zero-order valence-corrected chi connectivity index (χ0v) is 24.4. The van der Waals surface area contributed by atoms with E-state index in [-0.39, 0.29) is 17.2 Å². The Hall–Kier alpha value is -4.32. The molecule has 0 fully saturated rings. The number of aromatic carboxylic acids is 1. The van der Waals surface area contributed by atoms with Gasteiger partial charge in [-0.15, -0.1) is 11.3 Å². The number of fused-ring (bicyclic) bond motifs is 2. The fourth-order valence-electron chi connectivity index (χ4n) is 5.43. The van der Waals surface area contributed by atoms with E-state index in [4.69, 9.17) is 25.8 Å². The first kappa shape index (κ1) is 27.5. The van der Waals surface area contributed by atoms with E-state index in [1.165, 1.54) is 17.4 Å². The summed E-state index contributed by atoms with van der Waals surface area (Å²) in [6, 6.07) is 11.7. The summed E-state index contributed by atoms with van der Waals surface area (Å²) in [4.78, 5) is 25.7. The number of ether oxygens (including phenoxy) is 3. The van der Waals surface area contributed by atoms with Gasteiger partial charge in [-0.05, 0) is 42.3 Å². The minimum absolute atomic E-state index is 0.131. The molecule has 0 radical (unpaired) electrons. The summed E-state index contributed by atoms with van der Waals surface area (Å²) in [5, 5.41) is 10.0. The summed E-state index contributed by atoms with van der Waals surface area (Å²) < 4.78 is 35.6. The summed E-state index contributed by atoms with van der Waals surface area (Å²) in [6.45, 7) is 2.53. The third-order valence-corrected chi connectivity index (χ3v) is 8.55. The molecule has 0 saturated carbocycles. The van der Waals surface area contributed by atoms with Crippen LogP contribution in [0.25, 0.3) is 16.6 Å². The van der Waals surface area contributed by atoms with E-state index < -0.39 is 17.6 Å². The highest BCUT2D eigenvalue weighted by molar-refractivity contribution is 7.09. The van der Waals surface area contributed by atoms with Crippen molar-refractivity contribution >= 4 is 45.5 Å². The molecule has 0 unspecified atom stereocenters. The third-order valence-electron chi connectivity index (χ3n) is 7.56. The van der Waals surface area contributed by atoms with Gasteiger partial charge in [-0.2, -0.15) is 0 Å². The van der Waals surface area contributed by atoms with Crippen LogP contribution < -0.4 is 9.47 Å². The number of carboxylic acid groups (broad SMARTS) is 1. The molecule has 3 aromatic heterocycles. The minimum atomic E-state index is -1.20. The number of thiazole rings is 1. The highest BCUT2D eigenvalue weighted by Crippen LogP contribution is 2.48. The van der Waals surface area contributed by atoms with Crippen LogP contribution >= 0.6 is 22.9 Å². The summed E-state index contributed by atoms with van der Waals surface area (Å²) in [5.41, 5.74) is 4.57. The zero-order chi connectivity index (χ0) is 29.7. The van der Waals surface area contributed by atoms with Crippen molar-refractivity contribution in [3.63, 3.8) is 0 Å². The van der Waals surface area contributed by atoms with E-state index in [2.05, 4.69) is 21.0 Å². The molecular weight excluding hydrogens is 595 g/mol. The maximum Gasteiger partial charge on any atom is 0.335 e. The van der Waals surface area contributed by atoms with Gasteiger partial charge in [-0.1, -0.05) is 29.8 Å². The average molecular weight is 619 g/mol. The van der Waals surface area contributed by atoms with Gasteiger partial charge in [0.25, 0.3) is 5.79 Å². The molecule has 0 aliphatic carbocycles. The summed E-state index contributed by atoms with van der Waals surface area (Å²) >= 11 is 7.48. The monoisotopic (exact) mass is 618 g/mol. The van der Waals surface area contributed by atoms with E-state index in [1.54, 1.807) is 30.0 Å². The number of hydrogen-bond acceptors (Lipinski definition) is 8. The van der Waals surface area contributed by atoms with Gasteiger partial charge in [0, 0.05) is 36.2 Å². The van der Waals surface area contributed by atoms with Crippen molar-refractivity contribution in [1.29, 1.82) is 0 Å². The lowest BCUT2D eigenvalue weighted by atomic mass is 9.99. The maximum atomic E-state index is 15.0. The Labute approximate surface area is 254 Å². The van der Waals surface area contributed by atoms with Crippen molar-refractivity contribution in [3.05, 3.63) is 105 Å². The second kappa shape index (κ2) is 10.7. The Bertz CT molecular complexity index is 1890. The van der Waals surface area contributed by atoms with Crippen molar-refractivity contribution < 1.29 is 28.5 Å². The normalized spacial score (nSPS) is 19.5. The van der Waals surface area contributed by atoms with Gasteiger partial charge < -0.3 is 23.9 Å².